The van der Waals surface area contributed by atoms with Gasteiger partial charge in [0.05, 0.1) is 28.7 Å². The van der Waals surface area contributed by atoms with E-state index in [-0.39, 0.29) is 0 Å². The first-order valence-corrected chi connectivity index (χ1v) is 10.4. The molecule has 0 aliphatic rings. The van der Waals surface area contributed by atoms with E-state index >= 15 is 0 Å². The first kappa shape index (κ1) is 17.2. The van der Waals surface area contributed by atoms with Gasteiger partial charge in [0.2, 0.25) is 0 Å². The molecule has 0 spiro atoms. The lowest BCUT2D eigenvalue weighted by molar-refractivity contribution is 0.530. The van der Waals surface area contributed by atoms with Gasteiger partial charge in [-0.15, -0.1) is 11.8 Å². The number of thioether (sulfide) groups is 1. The molecule has 3 heterocycles. The summed E-state index contributed by atoms with van der Waals surface area (Å²) in [6.45, 7) is 2.02. The number of H-pyrrole nitrogens is 1. The summed E-state index contributed by atoms with van der Waals surface area (Å²) < 4.78 is 18.1. The SMILES string of the molecule is Cc1c(SCc2ccco2)ccnc1C[S+]([O-])c1nc2ccccc2[nH]1. The first-order chi connectivity index (χ1) is 12.7. The topological polar surface area (TPSA) is 77.8 Å². The lowest BCUT2D eigenvalue weighted by Crippen LogP contribution is -2.10. The zero-order valence-corrected chi connectivity index (χ0v) is 15.8. The summed E-state index contributed by atoms with van der Waals surface area (Å²) in [4.78, 5) is 13.1. The maximum atomic E-state index is 12.7. The number of rotatable bonds is 6. The standard InChI is InChI=1S/C19H17N3O2S2/c1-13-17(20-9-8-18(13)25-11-14-5-4-10-24-14)12-26(23)19-21-15-6-2-3-7-16(15)22-19/h2-10H,11-12H2,1H3,(H,21,22). The number of imidazole rings is 1. The third-order valence-corrected chi connectivity index (χ3v) is 6.40. The monoisotopic (exact) mass is 383 g/mol. The minimum absolute atomic E-state index is 0.334. The van der Waals surface area contributed by atoms with E-state index in [1.54, 1.807) is 24.2 Å². The van der Waals surface area contributed by atoms with Gasteiger partial charge in [-0.3, -0.25) is 9.97 Å². The largest absolute Gasteiger partial charge is 0.609 e. The molecule has 1 aromatic carbocycles. The maximum Gasteiger partial charge on any atom is 0.322 e. The maximum absolute atomic E-state index is 12.7. The number of fused-ring (bicyclic) bond motifs is 1. The molecule has 3 aromatic heterocycles. The fraction of sp³-hybridized carbons (Fsp3) is 0.158. The van der Waals surface area contributed by atoms with E-state index in [1.807, 2.05) is 49.4 Å². The van der Waals surface area contributed by atoms with Crippen LogP contribution in [0.4, 0.5) is 0 Å². The molecule has 1 unspecified atom stereocenters. The molecule has 0 fully saturated rings. The van der Waals surface area contributed by atoms with Crippen molar-refractivity contribution in [2.45, 2.75) is 28.5 Å². The van der Waals surface area contributed by atoms with Crippen molar-refractivity contribution in [1.29, 1.82) is 0 Å². The molecule has 132 valence electrons. The Morgan fingerprint density at radius 2 is 2.08 bits per heavy atom. The molecule has 0 amide bonds. The van der Waals surface area contributed by atoms with E-state index in [0.717, 1.165) is 38.7 Å². The van der Waals surface area contributed by atoms with E-state index in [2.05, 4.69) is 15.0 Å². The molecule has 4 aromatic rings. The van der Waals surface area contributed by atoms with Crippen LogP contribution in [0.3, 0.4) is 0 Å². The van der Waals surface area contributed by atoms with Gasteiger partial charge in [0.15, 0.2) is 5.75 Å². The van der Waals surface area contributed by atoms with Crippen LogP contribution < -0.4 is 0 Å². The van der Waals surface area contributed by atoms with Gasteiger partial charge in [0.25, 0.3) is 0 Å². The second-order valence-corrected chi connectivity index (χ2v) is 8.18. The Morgan fingerprint density at radius 1 is 1.19 bits per heavy atom. The molecular formula is C19H17N3O2S2. The van der Waals surface area contributed by atoms with Crippen LogP contribution in [0.5, 0.6) is 0 Å². The molecule has 0 aliphatic carbocycles. The van der Waals surface area contributed by atoms with Gasteiger partial charge in [-0.2, -0.15) is 4.98 Å². The number of para-hydroxylation sites is 2. The summed E-state index contributed by atoms with van der Waals surface area (Å²) in [6, 6.07) is 13.5. The quantitative estimate of drug-likeness (QED) is 0.393. The number of hydrogen-bond donors (Lipinski definition) is 1. The Hall–Kier alpha value is -2.22. The van der Waals surface area contributed by atoms with Crippen molar-refractivity contribution in [1.82, 2.24) is 15.0 Å². The summed E-state index contributed by atoms with van der Waals surface area (Å²) in [7, 11) is 0. The van der Waals surface area contributed by atoms with E-state index in [0.29, 0.717) is 10.9 Å². The lowest BCUT2D eigenvalue weighted by Gasteiger charge is -2.11. The summed E-state index contributed by atoms with van der Waals surface area (Å²) in [5.41, 5.74) is 3.59. The normalized spacial score (nSPS) is 12.5. The molecule has 4 rings (SSSR count). The van der Waals surface area contributed by atoms with Gasteiger partial charge in [0.1, 0.15) is 5.76 Å². The molecule has 5 nitrogen and oxygen atoms in total. The Kier molecular flexibility index (Phi) is 5.01. The smallest absolute Gasteiger partial charge is 0.322 e. The Morgan fingerprint density at radius 3 is 2.88 bits per heavy atom. The van der Waals surface area contributed by atoms with Crippen molar-refractivity contribution < 1.29 is 8.97 Å². The highest BCUT2D eigenvalue weighted by Gasteiger charge is 2.20. The van der Waals surface area contributed by atoms with E-state index < -0.39 is 11.2 Å². The highest BCUT2D eigenvalue weighted by Crippen LogP contribution is 2.28. The third kappa shape index (κ3) is 3.65. The van der Waals surface area contributed by atoms with Crippen LogP contribution in [0.1, 0.15) is 17.0 Å². The van der Waals surface area contributed by atoms with Crippen LogP contribution >= 0.6 is 11.8 Å². The van der Waals surface area contributed by atoms with Crippen molar-refractivity contribution in [3.8, 4) is 0 Å². The van der Waals surface area contributed by atoms with E-state index in [9.17, 15) is 4.55 Å². The second-order valence-electron chi connectivity index (χ2n) is 5.80. The molecule has 1 N–H and O–H groups in total. The average Bonchev–Trinajstić information content (AvgIpc) is 3.31. The first-order valence-electron chi connectivity index (χ1n) is 8.13. The molecule has 26 heavy (non-hydrogen) atoms. The lowest BCUT2D eigenvalue weighted by atomic mass is 10.2. The molecule has 0 saturated heterocycles. The number of nitrogens with one attached hydrogen (secondary N) is 1. The Labute approximate surface area is 158 Å². The molecule has 0 aliphatic heterocycles. The number of furan rings is 1. The van der Waals surface area contributed by atoms with Gasteiger partial charge < -0.3 is 8.97 Å². The van der Waals surface area contributed by atoms with Crippen LogP contribution in [0.25, 0.3) is 11.0 Å². The number of pyridine rings is 1. The fourth-order valence-electron chi connectivity index (χ4n) is 2.63. The highest BCUT2D eigenvalue weighted by molar-refractivity contribution is 7.98. The summed E-state index contributed by atoms with van der Waals surface area (Å²) in [5, 5.41) is 0.487. The molecule has 0 saturated carbocycles. The molecule has 7 heteroatoms. The number of nitrogens with zero attached hydrogens (tertiary/aromatic N) is 2. The van der Waals surface area contributed by atoms with Crippen LogP contribution in [0.2, 0.25) is 0 Å². The molecular weight excluding hydrogens is 366 g/mol. The van der Waals surface area contributed by atoms with Crippen molar-refractivity contribution in [2.24, 2.45) is 0 Å². The minimum atomic E-state index is -1.28. The molecule has 1 atom stereocenters. The number of aromatic amines is 1. The van der Waals surface area contributed by atoms with Crippen LogP contribution in [-0.4, -0.2) is 19.5 Å². The number of hydrogen-bond acceptors (Lipinski definition) is 5. The van der Waals surface area contributed by atoms with Crippen molar-refractivity contribution in [3.63, 3.8) is 0 Å². The van der Waals surface area contributed by atoms with Gasteiger partial charge in [-0.1, -0.05) is 12.1 Å². The predicted octanol–water partition coefficient (Wildman–Crippen LogP) is 4.46. The van der Waals surface area contributed by atoms with Gasteiger partial charge >= 0.3 is 5.16 Å². The van der Waals surface area contributed by atoms with Gasteiger partial charge in [-0.25, -0.2) is 0 Å². The molecule has 0 radical (unpaired) electrons. The minimum Gasteiger partial charge on any atom is -0.609 e. The fourth-order valence-corrected chi connectivity index (χ4v) is 4.69. The summed E-state index contributed by atoms with van der Waals surface area (Å²) >= 11 is 0.413. The average molecular weight is 383 g/mol. The number of aromatic nitrogens is 3. The van der Waals surface area contributed by atoms with Crippen molar-refractivity contribution >= 4 is 34.0 Å². The second kappa shape index (κ2) is 7.57. The van der Waals surface area contributed by atoms with Gasteiger partial charge in [0, 0.05) is 22.3 Å². The zero-order valence-electron chi connectivity index (χ0n) is 14.1. The zero-order chi connectivity index (χ0) is 17.9. The Balaban J connectivity index is 1.51. The van der Waals surface area contributed by atoms with E-state index in [4.69, 9.17) is 4.42 Å². The van der Waals surface area contributed by atoms with Crippen molar-refractivity contribution in [3.05, 3.63) is 71.9 Å². The summed E-state index contributed by atoms with van der Waals surface area (Å²) in [5.74, 6) is 2.02. The Bertz CT molecular complexity index is 982. The predicted molar refractivity (Wildman–Crippen MR) is 103 cm³/mol. The third-order valence-electron chi connectivity index (χ3n) is 4.06. The summed E-state index contributed by atoms with van der Waals surface area (Å²) in [6.07, 6.45) is 3.44. The molecule has 0 bridgehead atoms. The van der Waals surface area contributed by atoms with Gasteiger partial charge in [-0.05, 0) is 42.8 Å². The van der Waals surface area contributed by atoms with E-state index in [1.165, 1.54) is 0 Å². The number of benzene rings is 1. The van der Waals surface area contributed by atoms with Crippen LogP contribution in [0, 0.1) is 6.92 Å². The van der Waals surface area contributed by atoms with Crippen LogP contribution in [-0.2, 0) is 22.7 Å². The highest BCUT2D eigenvalue weighted by atomic mass is 32.2. The van der Waals surface area contributed by atoms with Crippen molar-refractivity contribution in [2.75, 3.05) is 0 Å². The van der Waals surface area contributed by atoms with Crippen LogP contribution in [0.15, 0.2) is 69.4 Å².